The van der Waals surface area contributed by atoms with E-state index in [0.717, 1.165) is 0 Å². The van der Waals surface area contributed by atoms with Crippen LogP contribution in [0.2, 0.25) is 0 Å². The molecule has 0 nitrogen and oxygen atoms in total. The fourth-order valence-electron chi connectivity index (χ4n) is 1.44. The van der Waals surface area contributed by atoms with Crippen LogP contribution >= 0.6 is 0 Å². The first-order valence-electron chi connectivity index (χ1n) is 4.98. The van der Waals surface area contributed by atoms with Crippen LogP contribution in [0.5, 0.6) is 0 Å². The van der Waals surface area contributed by atoms with Crippen molar-refractivity contribution in [1.29, 1.82) is 0 Å². The third-order valence-corrected chi connectivity index (χ3v) is 2.13. The standard InChI is InChI=1S/2C7H9.Fe/c2*1-6-3-4-7(2)5-6;/h2*3-5H,1-2H3;/q-5;-1;. The maximum Gasteiger partial charge on any atom is 0 e. The summed E-state index contributed by atoms with van der Waals surface area (Å²) in [7, 11) is 0. The Labute approximate surface area is 104 Å². The van der Waals surface area contributed by atoms with E-state index in [2.05, 4.69) is 64.1 Å². The van der Waals surface area contributed by atoms with Gasteiger partial charge >= 0.3 is 0 Å². The van der Waals surface area contributed by atoms with Crippen LogP contribution in [0.1, 0.15) is 22.3 Å². The third-order valence-electron chi connectivity index (χ3n) is 2.13. The number of rotatable bonds is 0. The van der Waals surface area contributed by atoms with Gasteiger partial charge in [-0.25, -0.2) is 25.5 Å². The minimum Gasteiger partial charge on any atom is -0.745 e. The zero-order chi connectivity index (χ0) is 10.6. The van der Waals surface area contributed by atoms with E-state index in [1.54, 1.807) is 0 Å². The summed E-state index contributed by atoms with van der Waals surface area (Å²) < 4.78 is 0. The van der Waals surface area contributed by atoms with E-state index in [1.165, 1.54) is 22.3 Å². The van der Waals surface area contributed by atoms with E-state index in [4.69, 9.17) is 0 Å². The summed E-state index contributed by atoms with van der Waals surface area (Å²) in [5, 5.41) is 0. The van der Waals surface area contributed by atoms with Gasteiger partial charge in [0, 0.05) is 17.1 Å². The summed E-state index contributed by atoms with van der Waals surface area (Å²) in [4.78, 5) is 0. The molecule has 0 aliphatic heterocycles. The SMILES string of the molecule is C[c-]1[cH-][cH-][c-](C)[cH-]1.Cc1cc[c-](C)c1.[Fe]. The molecule has 2 aromatic carbocycles. The average Bonchev–Trinajstić information content (AvgIpc) is 2.63. The molecule has 0 saturated carbocycles. The Morgan fingerprint density at radius 3 is 1.73 bits per heavy atom. The van der Waals surface area contributed by atoms with Gasteiger partial charge < -0.3 is 29.3 Å². The minimum absolute atomic E-state index is 0. The van der Waals surface area contributed by atoms with E-state index in [9.17, 15) is 0 Å². The molecule has 0 unspecified atom stereocenters. The van der Waals surface area contributed by atoms with Crippen LogP contribution in [0.3, 0.4) is 0 Å². The van der Waals surface area contributed by atoms with Crippen molar-refractivity contribution in [3.63, 3.8) is 0 Å². The van der Waals surface area contributed by atoms with E-state index in [1.807, 2.05) is 0 Å². The summed E-state index contributed by atoms with van der Waals surface area (Å²) >= 11 is 0. The van der Waals surface area contributed by atoms with Crippen LogP contribution in [0.25, 0.3) is 0 Å². The number of aryl methyl sites for hydroxylation is 4. The topological polar surface area (TPSA) is 0 Å². The summed E-state index contributed by atoms with van der Waals surface area (Å²) in [6.45, 7) is 8.42. The van der Waals surface area contributed by atoms with Crippen molar-refractivity contribution in [3.05, 3.63) is 58.7 Å². The molecule has 2 rings (SSSR count). The first-order valence-corrected chi connectivity index (χ1v) is 4.98. The Morgan fingerprint density at radius 2 is 1.60 bits per heavy atom. The molecule has 0 bridgehead atoms. The van der Waals surface area contributed by atoms with Gasteiger partial charge in [-0.1, -0.05) is 13.8 Å². The van der Waals surface area contributed by atoms with Gasteiger partial charge in [0.2, 0.25) is 0 Å². The molecule has 88 valence electrons. The molecular formula is C14H18Fe-6. The Kier molecular flexibility index (Phi) is 6.31. The monoisotopic (exact) mass is 242 g/mol. The van der Waals surface area contributed by atoms with Crippen molar-refractivity contribution in [3.8, 4) is 0 Å². The molecule has 0 radical (unpaired) electrons. The van der Waals surface area contributed by atoms with E-state index in [0.29, 0.717) is 0 Å². The van der Waals surface area contributed by atoms with Crippen molar-refractivity contribution in [1.82, 2.24) is 0 Å². The van der Waals surface area contributed by atoms with E-state index >= 15 is 0 Å². The second kappa shape index (κ2) is 6.66. The van der Waals surface area contributed by atoms with Crippen molar-refractivity contribution in [2.45, 2.75) is 27.7 Å². The number of hydrogen-bond donors (Lipinski definition) is 0. The second-order valence-corrected chi connectivity index (χ2v) is 3.93. The van der Waals surface area contributed by atoms with Crippen molar-refractivity contribution >= 4 is 0 Å². The van der Waals surface area contributed by atoms with Crippen molar-refractivity contribution in [2.75, 3.05) is 0 Å². The van der Waals surface area contributed by atoms with Crippen LogP contribution in [0, 0.1) is 27.7 Å². The summed E-state index contributed by atoms with van der Waals surface area (Å²) in [5.74, 6) is 0. The first kappa shape index (κ1) is 14.2. The summed E-state index contributed by atoms with van der Waals surface area (Å²) in [6.07, 6.45) is 0. The van der Waals surface area contributed by atoms with Crippen LogP contribution in [0.15, 0.2) is 36.4 Å². The molecule has 0 spiro atoms. The molecule has 0 aromatic heterocycles. The Morgan fingerprint density at radius 1 is 1.07 bits per heavy atom. The maximum absolute atomic E-state index is 2.17. The van der Waals surface area contributed by atoms with Crippen LogP contribution in [0.4, 0.5) is 0 Å². The molecule has 0 amide bonds. The van der Waals surface area contributed by atoms with Crippen LogP contribution in [-0.2, 0) is 17.1 Å². The predicted molar refractivity (Wildman–Crippen MR) is 63.0 cm³/mol. The van der Waals surface area contributed by atoms with Crippen molar-refractivity contribution in [2.24, 2.45) is 0 Å². The molecule has 0 aliphatic carbocycles. The third kappa shape index (κ3) is 5.61. The van der Waals surface area contributed by atoms with Gasteiger partial charge in [-0.2, -0.15) is 17.7 Å². The molecule has 15 heavy (non-hydrogen) atoms. The molecule has 2 aromatic rings. The molecule has 0 saturated heterocycles. The largest absolute Gasteiger partial charge is 0.745 e. The zero-order valence-electron chi connectivity index (χ0n) is 9.82. The molecular weight excluding hydrogens is 224 g/mol. The normalized spacial score (nSPS) is 8.80. The molecule has 0 atom stereocenters. The minimum atomic E-state index is 0. The first-order chi connectivity index (χ1) is 6.58. The van der Waals surface area contributed by atoms with Crippen molar-refractivity contribution < 1.29 is 17.1 Å². The molecule has 0 N–H and O–H groups in total. The smallest absolute Gasteiger partial charge is 0 e. The second-order valence-electron chi connectivity index (χ2n) is 3.93. The quantitative estimate of drug-likeness (QED) is 0.483. The fourth-order valence-corrected chi connectivity index (χ4v) is 1.44. The van der Waals surface area contributed by atoms with Gasteiger partial charge in [-0.3, -0.25) is 0 Å². The van der Waals surface area contributed by atoms with Gasteiger partial charge in [0.15, 0.2) is 0 Å². The van der Waals surface area contributed by atoms with Gasteiger partial charge in [-0.05, 0) is 0 Å². The Hall–Kier alpha value is -0.781. The summed E-state index contributed by atoms with van der Waals surface area (Å²) in [5.41, 5.74) is 5.44. The van der Waals surface area contributed by atoms with E-state index in [-0.39, 0.29) is 17.1 Å². The number of hydrogen-bond acceptors (Lipinski definition) is 0. The van der Waals surface area contributed by atoms with Gasteiger partial charge in [-0.15, -0.1) is 0 Å². The maximum atomic E-state index is 2.17. The van der Waals surface area contributed by atoms with Gasteiger partial charge in [0.1, 0.15) is 0 Å². The van der Waals surface area contributed by atoms with Crippen LogP contribution in [-0.4, -0.2) is 0 Å². The molecule has 0 fully saturated rings. The zero-order valence-corrected chi connectivity index (χ0v) is 10.9. The predicted octanol–water partition coefficient (Wildman–Crippen LogP) is 4.04. The summed E-state index contributed by atoms with van der Waals surface area (Å²) in [6, 6.07) is 12.8. The van der Waals surface area contributed by atoms with Gasteiger partial charge in [0.05, 0.1) is 0 Å². The Balaban J connectivity index is 0.000000245. The van der Waals surface area contributed by atoms with Crippen LogP contribution < -0.4 is 0 Å². The average molecular weight is 242 g/mol. The molecule has 0 heterocycles. The fraction of sp³-hybridized carbons (Fsp3) is 0.286. The van der Waals surface area contributed by atoms with E-state index < -0.39 is 0 Å². The Bertz CT molecular complexity index is 308. The molecule has 1 heteroatoms. The molecule has 0 aliphatic rings. The van der Waals surface area contributed by atoms with Gasteiger partial charge in [0.25, 0.3) is 0 Å².